The molecule has 0 heterocycles. The average molecular weight is 428 g/mol. The van der Waals surface area contributed by atoms with Gasteiger partial charge in [-0.15, -0.1) is 0 Å². The van der Waals surface area contributed by atoms with E-state index in [9.17, 15) is 9.59 Å². The van der Waals surface area contributed by atoms with Gasteiger partial charge in [0.2, 0.25) is 0 Å². The van der Waals surface area contributed by atoms with Crippen LogP contribution < -0.4 is 15.6 Å². The third-order valence-electron chi connectivity index (χ3n) is 2.73. The van der Waals surface area contributed by atoms with Crippen LogP contribution in [0.4, 0.5) is 0 Å². The molecule has 0 spiro atoms. The van der Waals surface area contributed by atoms with Gasteiger partial charge in [0.05, 0.1) is 4.47 Å². The predicted octanol–water partition coefficient (Wildman–Crippen LogP) is 3.04. The minimum atomic E-state index is -0.462. The van der Waals surface area contributed by atoms with Crippen LogP contribution in [0, 0.1) is 0 Å². The van der Waals surface area contributed by atoms with E-state index in [1.807, 2.05) is 30.3 Å². The molecule has 5 nitrogen and oxygen atoms in total. The number of rotatable bonds is 4. The Morgan fingerprint density at radius 2 is 1.91 bits per heavy atom. The molecule has 0 aliphatic rings. The Kier molecular flexibility index (Phi) is 5.97. The second kappa shape index (κ2) is 7.95. The van der Waals surface area contributed by atoms with Gasteiger partial charge in [-0.2, -0.15) is 0 Å². The molecule has 2 aromatic rings. The van der Waals surface area contributed by atoms with Gasteiger partial charge in [0.15, 0.2) is 6.61 Å². The summed E-state index contributed by atoms with van der Waals surface area (Å²) in [6.45, 7) is -0.213. The average Bonchev–Trinajstić information content (AvgIpc) is 2.53. The van der Waals surface area contributed by atoms with Crippen LogP contribution in [0.1, 0.15) is 0 Å². The number of hydrogen-bond acceptors (Lipinski definition) is 3. The topological polar surface area (TPSA) is 67.4 Å². The first-order valence-electron chi connectivity index (χ1n) is 6.27. The number of hydrazine groups is 1. The number of halogens is 2. The Labute approximate surface area is 143 Å². The van der Waals surface area contributed by atoms with E-state index in [-0.39, 0.29) is 6.61 Å². The summed E-state index contributed by atoms with van der Waals surface area (Å²) in [7, 11) is 0. The number of benzene rings is 2. The molecule has 0 saturated heterocycles. The van der Waals surface area contributed by atoms with Gasteiger partial charge in [-0.1, -0.05) is 46.3 Å². The first-order valence-corrected chi connectivity index (χ1v) is 7.98. The molecule has 0 aliphatic carbocycles. The lowest BCUT2D eigenvalue weighted by Gasteiger charge is -2.10. The molecular formula is C15H12Br2N2O3. The molecule has 2 N–H and O–H groups in total. The van der Waals surface area contributed by atoms with E-state index in [1.165, 1.54) is 11.1 Å². The van der Waals surface area contributed by atoms with Crippen molar-refractivity contribution in [2.45, 2.75) is 0 Å². The number of amides is 2. The number of carbonyl (C=O) groups is 2. The number of nitrogens with one attached hydrogen (secondary N) is 2. The molecule has 0 radical (unpaired) electrons. The smallest absolute Gasteiger partial charge is 0.276 e. The summed E-state index contributed by atoms with van der Waals surface area (Å²) in [4.78, 5) is 24.1. The van der Waals surface area contributed by atoms with E-state index in [1.54, 1.807) is 6.07 Å². The standard InChI is InChI=1S/C15H12Br2N2O3/c16-8-7-13(20)18-19-14(21)9-22-12-6-5-10-3-1-2-4-11(10)15(12)17/h1-8H,9H2,(H,18,20)(H,19,21)/b8-7-. The van der Waals surface area contributed by atoms with Crippen molar-refractivity contribution in [2.24, 2.45) is 0 Å². The number of ether oxygens (including phenoxy) is 1. The van der Waals surface area contributed by atoms with E-state index >= 15 is 0 Å². The molecule has 0 fully saturated rings. The largest absolute Gasteiger partial charge is 0.483 e. The first kappa shape index (κ1) is 16.5. The number of carbonyl (C=O) groups excluding carboxylic acids is 2. The molecule has 0 aliphatic heterocycles. The van der Waals surface area contributed by atoms with Crippen LogP contribution in [0.25, 0.3) is 10.8 Å². The molecular weight excluding hydrogens is 416 g/mol. The van der Waals surface area contributed by atoms with Gasteiger partial charge in [-0.25, -0.2) is 0 Å². The van der Waals surface area contributed by atoms with Crippen molar-refractivity contribution in [2.75, 3.05) is 6.61 Å². The zero-order valence-corrected chi connectivity index (χ0v) is 14.5. The van der Waals surface area contributed by atoms with Crippen molar-refractivity contribution in [1.29, 1.82) is 0 Å². The quantitative estimate of drug-likeness (QED) is 0.582. The molecule has 114 valence electrons. The summed E-state index contributed by atoms with van der Waals surface area (Å²) in [6.07, 6.45) is 1.22. The van der Waals surface area contributed by atoms with E-state index in [4.69, 9.17) is 4.74 Å². The molecule has 2 aromatic carbocycles. The van der Waals surface area contributed by atoms with Crippen LogP contribution in [-0.2, 0) is 9.59 Å². The van der Waals surface area contributed by atoms with Gasteiger partial charge >= 0.3 is 0 Å². The van der Waals surface area contributed by atoms with Crippen LogP contribution in [0.15, 0.2) is 51.9 Å². The Morgan fingerprint density at radius 3 is 2.68 bits per heavy atom. The molecule has 0 atom stereocenters. The monoisotopic (exact) mass is 426 g/mol. The van der Waals surface area contributed by atoms with Gasteiger partial charge in [0.1, 0.15) is 5.75 Å². The van der Waals surface area contributed by atoms with Crippen molar-refractivity contribution in [1.82, 2.24) is 10.9 Å². The zero-order chi connectivity index (χ0) is 15.9. The highest BCUT2D eigenvalue weighted by molar-refractivity contribution is 9.11. The van der Waals surface area contributed by atoms with Crippen molar-refractivity contribution in [3.63, 3.8) is 0 Å². The van der Waals surface area contributed by atoms with Gasteiger partial charge < -0.3 is 4.74 Å². The zero-order valence-electron chi connectivity index (χ0n) is 11.3. The second-order valence-corrected chi connectivity index (χ2v) is 5.54. The summed E-state index contributed by atoms with van der Waals surface area (Å²) in [5, 5.41) is 2.07. The fourth-order valence-electron chi connectivity index (χ4n) is 1.73. The maximum absolute atomic E-state index is 11.6. The Morgan fingerprint density at radius 1 is 1.14 bits per heavy atom. The van der Waals surface area contributed by atoms with Crippen LogP contribution in [0.2, 0.25) is 0 Å². The van der Waals surface area contributed by atoms with Crippen LogP contribution in [0.5, 0.6) is 5.75 Å². The maximum Gasteiger partial charge on any atom is 0.276 e. The summed E-state index contributed by atoms with van der Waals surface area (Å²) in [6, 6.07) is 11.5. The Bertz CT molecular complexity index is 732. The summed E-state index contributed by atoms with van der Waals surface area (Å²) < 4.78 is 6.24. The summed E-state index contributed by atoms with van der Waals surface area (Å²) in [5.74, 6) is -0.353. The first-order chi connectivity index (χ1) is 10.6. The van der Waals surface area contributed by atoms with Gasteiger partial charge in [0.25, 0.3) is 11.8 Å². The molecule has 2 amide bonds. The number of hydrogen-bond donors (Lipinski definition) is 2. The molecule has 7 heteroatoms. The SMILES string of the molecule is O=C(/C=C\Br)NNC(=O)COc1ccc2ccccc2c1Br. The molecule has 0 bridgehead atoms. The Hall–Kier alpha value is -1.86. The lowest BCUT2D eigenvalue weighted by molar-refractivity contribution is -0.128. The highest BCUT2D eigenvalue weighted by Crippen LogP contribution is 2.32. The van der Waals surface area contributed by atoms with E-state index in [0.29, 0.717) is 5.75 Å². The van der Waals surface area contributed by atoms with Crippen LogP contribution in [0.3, 0.4) is 0 Å². The van der Waals surface area contributed by atoms with E-state index in [2.05, 4.69) is 42.7 Å². The molecule has 0 saturated carbocycles. The molecule has 22 heavy (non-hydrogen) atoms. The van der Waals surface area contributed by atoms with Crippen molar-refractivity contribution in [3.05, 3.63) is 51.9 Å². The lowest BCUT2D eigenvalue weighted by Crippen LogP contribution is -2.43. The highest BCUT2D eigenvalue weighted by Gasteiger charge is 2.08. The summed E-state index contributed by atoms with van der Waals surface area (Å²) >= 11 is 6.44. The Balaban J connectivity index is 1.95. The molecule has 0 unspecified atom stereocenters. The van der Waals surface area contributed by atoms with E-state index < -0.39 is 11.8 Å². The van der Waals surface area contributed by atoms with Gasteiger partial charge in [-0.3, -0.25) is 20.4 Å². The minimum absolute atomic E-state index is 0.213. The van der Waals surface area contributed by atoms with Gasteiger partial charge in [-0.05, 0) is 37.8 Å². The van der Waals surface area contributed by atoms with Crippen LogP contribution in [-0.4, -0.2) is 18.4 Å². The van der Waals surface area contributed by atoms with Crippen molar-refractivity contribution in [3.8, 4) is 5.75 Å². The fourth-order valence-corrected chi connectivity index (χ4v) is 2.58. The third-order valence-corrected chi connectivity index (χ3v) is 3.81. The minimum Gasteiger partial charge on any atom is -0.483 e. The maximum atomic E-state index is 11.6. The van der Waals surface area contributed by atoms with Gasteiger partial charge in [0, 0.05) is 6.08 Å². The van der Waals surface area contributed by atoms with Crippen LogP contribution >= 0.6 is 31.9 Å². The highest BCUT2D eigenvalue weighted by atomic mass is 79.9. The third kappa shape index (κ3) is 4.32. The number of fused-ring (bicyclic) bond motifs is 1. The fraction of sp³-hybridized carbons (Fsp3) is 0.0667. The molecule has 2 rings (SSSR count). The summed E-state index contributed by atoms with van der Waals surface area (Å²) in [5.41, 5.74) is 4.46. The predicted molar refractivity (Wildman–Crippen MR) is 91.5 cm³/mol. The van der Waals surface area contributed by atoms with E-state index in [0.717, 1.165) is 15.2 Å². The normalized spacial score (nSPS) is 10.6. The lowest BCUT2D eigenvalue weighted by atomic mass is 10.1. The second-order valence-electron chi connectivity index (χ2n) is 4.22. The van der Waals surface area contributed by atoms with Crippen molar-refractivity contribution < 1.29 is 14.3 Å². The van der Waals surface area contributed by atoms with Crippen molar-refractivity contribution >= 4 is 54.4 Å². The molecule has 0 aromatic heterocycles.